The maximum atomic E-state index is 4.54. The van der Waals surface area contributed by atoms with Gasteiger partial charge in [0.1, 0.15) is 5.82 Å². The third-order valence-electron chi connectivity index (χ3n) is 2.79. The standard InChI is InChI=1S/C11H13N5/c1-9-12-13-10-5-6-11(14-16(9)10)15-7-3-2-4-8-15/h2-3,5-6H,4,7-8H2,1H3. The lowest BCUT2D eigenvalue weighted by Crippen LogP contribution is -2.28. The number of anilines is 1. The first-order valence-corrected chi connectivity index (χ1v) is 5.43. The van der Waals surface area contributed by atoms with E-state index in [-0.39, 0.29) is 0 Å². The van der Waals surface area contributed by atoms with E-state index in [1.54, 1.807) is 4.52 Å². The van der Waals surface area contributed by atoms with Crippen molar-refractivity contribution in [1.29, 1.82) is 0 Å². The molecule has 0 saturated carbocycles. The lowest BCUT2D eigenvalue weighted by atomic mass is 10.2. The number of hydrogen-bond acceptors (Lipinski definition) is 4. The van der Waals surface area contributed by atoms with Crippen LogP contribution in [0.15, 0.2) is 24.3 Å². The van der Waals surface area contributed by atoms with Gasteiger partial charge in [0.25, 0.3) is 0 Å². The van der Waals surface area contributed by atoms with Gasteiger partial charge in [0.05, 0.1) is 0 Å². The van der Waals surface area contributed by atoms with Crippen LogP contribution in [0.4, 0.5) is 5.82 Å². The molecule has 0 bridgehead atoms. The van der Waals surface area contributed by atoms with E-state index >= 15 is 0 Å². The van der Waals surface area contributed by atoms with Gasteiger partial charge in [-0.15, -0.1) is 15.3 Å². The smallest absolute Gasteiger partial charge is 0.178 e. The van der Waals surface area contributed by atoms with Crippen LogP contribution in [-0.2, 0) is 0 Å². The van der Waals surface area contributed by atoms with Crippen LogP contribution in [0.2, 0.25) is 0 Å². The molecule has 0 N–H and O–H groups in total. The molecule has 0 radical (unpaired) electrons. The first-order valence-electron chi connectivity index (χ1n) is 5.43. The summed E-state index contributed by atoms with van der Waals surface area (Å²) in [5.41, 5.74) is 0.800. The minimum Gasteiger partial charge on any atom is -0.351 e. The van der Waals surface area contributed by atoms with Gasteiger partial charge >= 0.3 is 0 Å². The van der Waals surface area contributed by atoms with Crippen LogP contribution < -0.4 is 4.90 Å². The first kappa shape index (κ1) is 9.33. The lowest BCUT2D eigenvalue weighted by molar-refractivity contribution is 0.771. The third-order valence-corrected chi connectivity index (χ3v) is 2.79. The molecule has 0 atom stereocenters. The molecule has 5 nitrogen and oxygen atoms in total. The summed E-state index contributed by atoms with van der Waals surface area (Å²) in [7, 11) is 0. The van der Waals surface area contributed by atoms with Gasteiger partial charge in [0.15, 0.2) is 11.5 Å². The van der Waals surface area contributed by atoms with E-state index in [2.05, 4.69) is 32.3 Å². The molecule has 0 saturated heterocycles. The molecule has 1 aliphatic rings. The van der Waals surface area contributed by atoms with Crippen LogP contribution in [0.5, 0.6) is 0 Å². The number of aryl methyl sites for hydroxylation is 1. The maximum absolute atomic E-state index is 4.54. The molecule has 0 spiro atoms. The van der Waals surface area contributed by atoms with E-state index in [4.69, 9.17) is 0 Å². The van der Waals surface area contributed by atoms with Crippen molar-refractivity contribution in [1.82, 2.24) is 19.8 Å². The van der Waals surface area contributed by atoms with Gasteiger partial charge in [0.2, 0.25) is 0 Å². The second kappa shape index (κ2) is 3.59. The van der Waals surface area contributed by atoms with Crippen molar-refractivity contribution >= 4 is 11.5 Å². The average molecular weight is 215 g/mol. The van der Waals surface area contributed by atoms with Crippen LogP contribution in [0.3, 0.4) is 0 Å². The number of nitrogens with zero attached hydrogens (tertiary/aromatic N) is 5. The fraction of sp³-hybridized carbons (Fsp3) is 0.364. The minimum absolute atomic E-state index is 0.800. The van der Waals surface area contributed by atoms with E-state index < -0.39 is 0 Å². The molecule has 16 heavy (non-hydrogen) atoms. The molecular formula is C11H13N5. The molecule has 3 rings (SSSR count). The Morgan fingerprint density at radius 2 is 2.12 bits per heavy atom. The zero-order valence-electron chi connectivity index (χ0n) is 9.17. The monoisotopic (exact) mass is 215 g/mol. The Morgan fingerprint density at radius 1 is 1.19 bits per heavy atom. The minimum atomic E-state index is 0.800. The van der Waals surface area contributed by atoms with E-state index in [9.17, 15) is 0 Å². The van der Waals surface area contributed by atoms with Crippen molar-refractivity contribution in [2.24, 2.45) is 0 Å². The Balaban J connectivity index is 2.03. The Morgan fingerprint density at radius 3 is 2.94 bits per heavy atom. The van der Waals surface area contributed by atoms with Crippen molar-refractivity contribution in [2.75, 3.05) is 18.0 Å². The second-order valence-electron chi connectivity index (χ2n) is 3.91. The molecule has 0 aliphatic carbocycles. The molecule has 2 aromatic rings. The summed E-state index contributed by atoms with van der Waals surface area (Å²) in [6, 6.07) is 3.96. The fourth-order valence-electron chi connectivity index (χ4n) is 1.90. The van der Waals surface area contributed by atoms with Crippen LogP contribution in [0.25, 0.3) is 5.65 Å². The predicted octanol–water partition coefficient (Wildman–Crippen LogP) is 1.20. The van der Waals surface area contributed by atoms with Gasteiger partial charge in [-0.1, -0.05) is 12.2 Å². The summed E-state index contributed by atoms with van der Waals surface area (Å²) in [5, 5.41) is 12.6. The highest BCUT2D eigenvalue weighted by atomic mass is 15.4. The normalized spacial score (nSPS) is 15.9. The van der Waals surface area contributed by atoms with Crippen LogP contribution >= 0.6 is 0 Å². The molecule has 3 heterocycles. The number of aromatic nitrogens is 4. The summed E-state index contributed by atoms with van der Waals surface area (Å²) < 4.78 is 1.79. The van der Waals surface area contributed by atoms with Gasteiger partial charge in [-0.3, -0.25) is 0 Å². The fourth-order valence-corrected chi connectivity index (χ4v) is 1.90. The van der Waals surface area contributed by atoms with Crippen molar-refractivity contribution in [3.8, 4) is 0 Å². The second-order valence-corrected chi connectivity index (χ2v) is 3.91. The molecule has 1 aliphatic heterocycles. The summed E-state index contributed by atoms with van der Waals surface area (Å²) in [5.74, 6) is 1.81. The van der Waals surface area contributed by atoms with Gasteiger partial charge in [-0.05, 0) is 25.5 Å². The topological polar surface area (TPSA) is 46.3 Å². The van der Waals surface area contributed by atoms with Crippen LogP contribution in [-0.4, -0.2) is 32.9 Å². The molecule has 5 heteroatoms. The number of rotatable bonds is 1. The highest BCUT2D eigenvalue weighted by Crippen LogP contribution is 2.14. The first-order chi connectivity index (χ1) is 7.84. The zero-order valence-corrected chi connectivity index (χ0v) is 9.17. The van der Waals surface area contributed by atoms with E-state index in [0.717, 1.165) is 36.8 Å². The molecule has 0 amide bonds. The van der Waals surface area contributed by atoms with Gasteiger partial charge in [-0.25, -0.2) is 0 Å². The third kappa shape index (κ3) is 1.44. The number of hydrogen-bond donors (Lipinski definition) is 0. The molecular weight excluding hydrogens is 202 g/mol. The van der Waals surface area contributed by atoms with E-state index in [0.29, 0.717) is 0 Å². The highest BCUT2D eigenvalue weighted by Gasteiger charge is 2.10. The Bertz CT molecular complexity index is 542. The van der Waals surface area contributed by atoms with E-state index in [1.807, 2.05) is 19.1 Å². The number of fused-ring (bicyclic) bond motifs is 1. The summed E-state index contributed by atoms with van der Waals surface area (Å²) >= 11 is 0. The largest absolute Gasteiger partial charge is 0.351 e. The van der Waals surface area contributed by atoms with E-state index in [1.165, 1.54) is 0 Å². The molecule has 2 aromatic heterocycles. The quantitative estimate of drug-likeness (QED) is 0.670. The van der Waals surface area contributed by atoms with Gasteiger partial charge in [-0.2, -0.15) is 4.52 Å². The summed E-state index contributed by atoms with van der Waals surface area (Å²) in [6.45, 7) is 3.86. The van der Waals surface area contributed by atoms with Crippen molar-refractivity contribution in [3.05, 3.63) is 30.1 Å². The Labute approximate surface area is 93.4 Å². The SMILES string of the molecule is Cc1nnc2ccc(N3CC=CCC3)nn12. The predicted molar refractivity (Wildman–Crippen MR) is 61.5 cm³/mol. The zero-order chi connectivity index (χ0) is 11.0. The van der Waals surface area contributed by atoms with Crippen LogP contribution in [0.1, 0.15) is 12.2 Å². The van der Waals surface area contributed by atoms with Gasteiger partial charge in [0, 0.05) is 13.1 Å². The molecule has 0 aromatic carbocycles. The Kier molecular flexibility index (Phi) is 2.09. The van der Waals surface area contributed by atoms with Gasteiger partial charge < -0.3 is 4.90 Å². The summed E-state index contributed by atoms with van der Waals surface area (Å²) in [4.78, 5) is 2.25. The van der Waals surface area contributed by atoms with Crippen molar-refractivity contribution < 1.29 is 0 Å². The maximum Gasteiger partial charge on any atom is 0.178 e. The average Bonchev–Trinajstić information content (AvgIpc) is 2.72. The molecule has 0 fully saturated rings. The van der Waals surface area contributed by atoms with Crippen LogP contribution in [0, 0.1) is 6.92 Å². The lowest BCUT2D eigenvalue weighted by Gasteiger charge is -2.24. The highest BCUT2D eigenvalue weighted by molar-refractivity contribution is 5.46. The molecule has 82 valence electrons. The van der Waals surface area contributed by atoms with Crippen molar-refractivity contribution in [3.63, 3.8) is 0 Å². The Hall–Kier alpha value is -1.91. The molecule has 0 unspecified atom stereocenters. The van der Waals surface area contributed by atoms with Crippen molar-refractivity contribution in [2.45, 2.75) is 13.3 Å². The summed E-state index contributed by atoms with van der Waals surface area (Å²) in [6.07, 6.45) is 5.47.